The Hall–Kier alpha value is -0.843. The third kappa shape index (κ3) is 4.92. The molecule has 0 saturated carbocycles. The summed E-state index contributed by atoms with van der Waals surface area (Å²) < 4.78 is 17.2. The minimum absolute atomic E-state index is 0.370. The molecule has 2 rings (SSSR count). The molecule has 3 nitrogen and oxygen atoms in total. The highest BCUT2D eigenvalue weighted by Crippen LogP contribution is 2.26. The second-order valence-electron chi connectivity index (χ2n) is 5.44. The van der Waals surface area contributed by atoms with E-state index in [2.05, 4.69) is 26.0 Å². The number of epoxide rings is 1. The molecule has 0 aromatic heterocycles. The van der Waals surface area contributed by atoms with Crippen molar-refractivity contribution < 1.29 is 13.9 Å². The molecule has 1 unspecified atom stereocenters. The fourth-order valence-electron chi connectivity index (χ4n) is 2.41. The molecular weight excluding hydrogens is 268 g/mol. The zero-order valence-electron chi connectivity index (χ0n) is 12.6. The van der Waals surface area contributed by atoms with Crippen molar-refractivity contribution in [3.8, 4) is 5.75 Å². The first-order valence-electron chi connectivity index (χ1n) is 7.71. The van der Waals surface area contributed by atoms with Crippen molar-refractivity contribution in [1.29, 1.82) is 0 Å². The molecule has 112 valence electrons. The van der Waals surface area contributed by atoms with Gasteiger partial charge in [0.2, 0.25) is 0 Å². The van der Waals surface area contributed by atoms with Gasteiger partial charge in [-0.2, -0.15) is 0 Å². The van der Waals surface area contributed by atoms with Crippen molar-refractivity contribution in [2.45, 2.75) is 44.5 Å². The summed E-state index contributed by atoms with van der Waals surface area (Å²) in [7, 11) is -1.66. The van der Waals surface area contributed by atoms with Crippen molar-refractivity contribution in [2.75, 3.05) is 19.8 Å². The van der Waals surface area contributed by atoms with Crippen molar-refractivity contribution >= 4 is 8.32 Å². The summed E-state index contributed by atoms with van der Waals surface area (Å²) in [5, 5.41) is 0. The smallest absolute Gasteiger partial charge is 0.250 e. The molecular formula is C16H26O3Si. The van der Waals surface area contributed by atoms with E-state index in [4.69, 9.17) is 13.9 Å². The maximum Gasteiger partial charge on any atom is 0.250 e. The van der Waals surface area contributed by atoms with Crippen LogP contribution in [0.2, 0.25) is 18.1 Å². The van der Waals surface area contributed by atoms with E-state index in [1.54, 1.807) is 0 Å². The predicted molar refractivity (Wildman–Crippen MR) is 83.8 cm³/mol. The van der Waals surface area contributed by atoms with E-state index in [9.17, 15) is 0 Å². The van der Waals surface area contributed by atoms with Gasteiger partial charge in [0.15, 0.2) is 0 Å². The summed E-state index contributed by atoms with van der Waals surface area (Å²) in [4.78, 5) is 0. The summed E-state index contributed by atoms with van der Waals surface area (Å²) in [6.07, 6.45) is 1.46. The zero-order valence-corrected chi connectivity index (χ0v) is 13.6. The zero-order chi connectivity index (χ0) is 14.3. The lowest BCUT2D eigenvalue weighted by Gasteiger charge is -2.30. The quantitative estimate of drug-likeness (QED) is 0.373. The number of para-hydroxylation sites is 1. The van der Waals surface area contributed by atoms with Crippen LogP contribution >= 0.6 is 0 Å². The van der Waals surface area contributed by atoms with Crippen LogP contribution in [0.15, 0.2) is 30.3 Å². The number of rotatable bonds is 10. The molecule has 1 heterocycles. The largest absolute Gasteiger partial charge is 0.543 e. The Kier molecular flexibility index (Phi) is 6.07. The molecule has 4 heteroatoms. The van der Waals surface area contributed by atoms with Gasteiger partial charge < -0.3 is 13.9 Å². The van der Waals surface area contributed by atoms with E-state index >= 15 is 0 Å². The second-order valence-corrected chi connectivity index (χ2v) is 9.92. The molecule has 0 amide bonds. The van der Waals surface area contributed by atoms with Crippen molar-refractivity contribution in [3.05, 3.63) is 30.3 Å². The first-order valence-corrected chi connectivity index (χ1v) is 10.2. The Morgan fingerprint density at radius 2 is 1.90 bits per heavy atom. The lowest BCUT2D eigenvalue weighted by molar-refractivity contribution is 0.116. The van der Waals surface area contributed by atoms with Gasteiger partial charge in [0.1, 0.15) is 11.9 Å². The average molecular weight is 294 g/mol. The van der Waals surface area contributed by atoms with Crippen molar-refractivity contribution in [2.24, 2.45) is 0 Å². The summed E-state index contributed by atoms with van der Waals surface area (Å²) >= 11 is 0. The van der Waals surface area contributed by atoms with Crippen molar-refractivity contribution in [1.82, 2.24) is 0 Å². The molecule has 1 aromatic rings. The van der Waals surface area contributed by atoms with Gasteiger partial charge in [-0.3, -0.25) is 0 Å². The van der Waals surface area contributed by atoms with Crippen LogP contribution in [0.1, 0.15) is 20.3 Å². The van der Waals surface area contributed by atoms with Crippen LogP contribution in [-0.4, -0.2) is 34.2 Å². The molecule has 20 heavy (non-hydrogen) atoms. The Bertz CT molecular complexity index is 375. The van der Waals surface area contributed by atoms with Gasteiger partial charge >= 0.3 is 0 Å². The van der Waals surface area contributed by atoms with E-state index < -0.39 is 8.32 Å². The van der Waals surface area contributed by atoms with Crippen LogP contribution in [0, 0.1) is 0 Å². The molecule has 1 aliphatic heterocycles. The molecule has 0 spiro atoms. The van der Waals surface area contributed by atoms with Gasteiger partial charge in [0, 0.05) is 6.61 Å². The molecule has 0 radical (unpaired) electrons. The second kappa shape index (κ2) is 7.81. The average Bonchev–Trinajstić information content (AvgIpc) is 3.31. The minimum Gasteiger partial charge on any atom is -0.543 e. The lowest BCUT2D eigenvalue weighted by Crippen LogP contribution is -2.40. The van der Waals surface area contributed by atoms with Gasteiger partial charge in [-0.1, -0.05) is 32.0 Å². The van der Waals surface area contributed by atoms with Crippen LogP contribution in [0.3, 0.4) is 0 Å². The number of hydrogen-bond donors (Lipinski definition) is 0. The Morgan fingerprint density at radius 1 is 1.20 bits per heavy atom. The SMILES string of the molecule is CC[Si](CC)(CCCOCC1CO1)Oc1ccccc1. The van der Waals surface area contributed by atoms with E-state index in [1.807, 2.05) is 18.2 Å². The first kappa shape index (κ1) is 15.5. The van der Waals surface area contributed by atoms with Gasteiger partial charge in [0.05, 0.1) is 13.2 Å². The van der Waals surface area contributed by atoms with Gasteiger partial charge in [-0.25, -0.2) is 0 Å². The summed E-state index contributed by atoms with van der Waals surface area (Å²) in [6, 6.07) is 13.7. The maximum absolute atomic E-state index is 6.40. The lowest BCUT2D eigenvalue weighted by atomic mass is 10.3. The highest BCUT2D eigenvalue weighted by Gasteiger charge is 2.32. The van der Waals surface area contributed by atoms with E-state index in [1.165, 1.54) is 6.04 Å². The molecule has 1 aromatic carbocycles. The maximum atomic E-state index is 6.40. The number of benzene rings is 1. The fraction of sp³-hybridized carbons (Fsp3) is 0.625. The normalized spacial score (nSPS) is 18.0. The highest BCUT2D eigenvalue weighted by atomic mass is 28.4. The molecule has 0 N–H and O–H groups in total. The molecule has 0 aliphatic carbocycles. The van der Waals surface area contributed by atoms with Crippen LogP contribution < -0.4 is 4.43 Å². The van der Waals surface area contributed by atoms with Gasteiger partial charge in [0.25, 0.3) is 8.32 Å². The van der Waals surface area contributed by atoms with E-state index in [0.717, 1.165) is 44.1 Å². The third-order valence-electron chi connectivity index (χ3n) is 3.99. The van der Waals surface area contributed by atoms with Crippen LogP contribution in [-0.2, 0) is 9.47 Å². The number of ether oxygens (including phenoxy) is 2. The molecule has 1 atom stereocenters. The molecule has 1 fully saturated rings. The van der Waals surface area contributed by atoms with Gasteiger partial charge in [-0.05, 0) is 36.7 Å². The standard InChI is InChI=1S/C16H26O3Si/c1-3-20(4-2,19-15-9-6-5-7-10-15)12-8-11-17-13-16-14-18-16/h5-7,9-10,16H,3-4,8,11-14H2,1-2H3. The van der Waals surface area contributed by atoms with Crippen LogP contribution in [0.25, 0.3) is 0 Å². The first-order chi connectivity index (χ1) is 9.78. The van der Waals surface area contributed by atoms with Gasteiger partial charge in [-0.15, -0.1) is 0 Å². The molecule has 1 saturated heterocycles. The Balaban J connectivity index is 1.77. The van der Waals surface area contributed by atoms with Crippen LogP contribution in [0.5, 0.6) is 5.75 Å². The summed E-state index contributed by atoms with van der Waals surface area (Å²) in [5.74, 6) is 1.02. The predicted octanol–water partition coefficient (Wildman–Crippen LogP) is 3.86. The molecule has 0 bridgehead atoms. The Labute approximate surface area is 123 Å². The monoisotopic (exact) mass is 294 g/mol. The Morgan fingerprint density at radius 3 is 2.50 bits per heavy atom. The third-order valence-corrected chi connectivity index (χ3v) is 8.50. The van der Waals surface area contributed by atoms with Crippen molar-refractivity contribution in [3.63, 3.8) is 0 Å². The highest BCUT2D eigenvalue weighted by molar-refractivity contribution is 6.74. The fourth-order valence-corrected chi connectivity index (χ4v) is 5.44. The van der Waals surface area contributed by atoms with Crippen LogP contribution in [0.4, 0.5) is 0 Å². The minimum atomic E-state index is -1.66. The number of hydrogen-bond acceptors (Lipinski definition) is 3. The topological polar surface area (TPSA) is 31.0 Å². The van der Waals surface area contributed by atoms with E-state index in [0.29, 0.717) is 6.10 Å². The summed E-state index contributed by atoms with van der Waals surface area (Å²) in [5.41, 5.74) is 0. The van der Waals surface area contributed by atoms with E-state index in [-0.39, 0.29) is 0 Å². The molecule has 1 aliphatic rings. The summed E-state index contributed by atoms with van der Waals surface area (Å²) in [6.45, 7) is 6.98.